The van der Waals surface area contributed by atoms with E-state index in [0.717, 1.165) is 36.7 Å². The first kappa shape index (κ1) is 21.3. The fraction of sp³-hybridized carbons (Fsp3) is 0.583. The Morgan fingerprint density at radius 2 is 1.96 bits per heavy atom. The fourth-order valence-corrected chi connectivity index (χ4v) is 4.12. The molecule has 2 atom stereocenters. The van der Waals surface area contributed by atoms with E-state index in [1.807, 2.05) is 19.9 Å². The molecule has 1 aliphatic heterocycles. The van der Waals surface area contributed by atoms with E-state index in [9.17, 15) is 0 Å². The molecule has 2 aliphatic rings. The lowest BCUT2D eigenvalue weighted by atomic mass is 9.72. The molecule has 2 unspecified atom stereocenters. The molecule has 1 aliphatic carbocycles. The third-order valence-corrected chi connectivity index (χ3v) is 6.55. The Balaban J connectivity index is 1.75. The molecule has 4 heteroatoms. The summed E-state index contributed by atoms with van der Waals surface area (Å²) in [6.45, 7) is 12.3. The van der Waals surface area contributed by atoms with E-state index in [1.165, 1.54) is 37.8 Å². The van der Waals surface area contributed by atoms with Gasteiger partial charge in [-0.1, -0.05) is 49.9 Å². The molecule has 4 nitrogen and oxygen atoms in total. The van der Waals surface area contributed by atoms with Gasteiger partial charge < -0.3 is 10.6 Å². The zero-order valence-corrected chi connectivity index (χ0v) is 17.4. The summed E-state index contributed by atoms with van der Waals surface area (Å²) in [6.07, 6.45) is 8.89. The van der Waals surface area contributed by atoms with Crippen LogP contribution in [0.2, 0.25) is 0 Å². The summed E-state index contributed by atoms with van der Waals surface area (Å²) in [4.78, 5) is 4.47. The average molecular weight is 385 g/mol. The highest BCUT2D eigenvalue weighted by Gasteiger charge is 2.34. The summed E-state index contributed by atoms with van der Waals surface area (Å²) >= 11 is 0. The van der Waals surface area contributed by atoms with Gasteiger partial charge in [0.15, 0.2) is 0 Å². The second kappa shape index (κ2) is 9.84. The molecular weight excluding hydrogens is 348 g/mol. The van der Waals surface area contributed by atoms with Crippen molar-refractivity contribution >= 4 is 5.57 Å². The van der Waals surface area contributed by atoms with Gasteiger partial charge in [0.2, 0.25) is 0 Å². The van der Waals surface area contributed by atoms with Crippen LogP contribution in [0.25, 0.3) is 5.57 Å². The van der Waals surface area contributed by atoms with Crippen molar-refractivity contribution in [3.63, 3.8) is 0 Å². The van der Waals surface area contributed by atoms with Gasteiger partial charge in [0.1, 0.15) is 0 Å². The third-order valence-electron chi connectivity index (χ3n) is 6.55. The predicted molar refractivity (Wildman–Crippen MR) is 116 cm³/mol. The molecule has 1 heterocycles. The van der Waals surface area contributed by atoms with Gasteiger partial charge in [-0.05, 0) is 74.9 Å². The fourth-order valence-electron chi connectivity index (χ4n) is 4.12. The average Bonchev–Trinajstić information content (AvgIpc) is 3.56. The van der Waals surface area contributed by atoms with Crippen LogP contribution in [0.1, 0.15) is 50.7 Å². The molecule has 154 valence electrons. The van der Waals surface area contributed by atoms with Gasteiger partial charge in [-0.15, -0.1) is 0 Å². The number of benzene rings is 1. The van der Waals surface area contributed by atoms with Crippen molar-refractivity contribution in [2.24, 2.45) is 11.8 Å². The summed E-state index contributed by atoms with van der Waals surface area (Å²) < 4.78 is 0. The van der Waals surface area contributed by atoms with E-state index in [4.69, 9.17) is 5.26 Å². The lowest BCUT2D eigenvalue weighted by Gasteiger charge is -2.38. The molecule has 1 aromatic rings. The summed E-state index contributed by atoms with van der Waals surface area (Å²) in [5.74, 6) is 1.01. The molecule has 0 radical (unpaired) electrons. The quantitative estimate of drug-likeness (QED) is 0.318. The van der Waals surface area contributed by atoms with Gasteiger partial charge in [-0.3, -0.25) is 5.26 Å². The molecule has 1 aromatic carbocycles. The Bertz CT molecular complexity index is 658. The number of hydrogen-bond donors (Lipinski definition) is 3. The first-order chi connectivity index (χ1) is 13.6. The normalized spacial score (nSPS) is 21.9. The van der Waals surface area contributed by atoms with Crippen molar-refractivity contribution in [2.45, 2.75) is 51.0 Å². The maximum absolute atomic E-state index is 8.91. The number of rotatable bonds is 10. The lowest BCUT2D eigenvalue weighted by molar-refractivity contribution is -0.280. The molecule has 0 spiro atoms. The highest BCUT2D eigenvalue weighted by atomic mass is 17.1. The predicted octanol–water partition coefficient (Wildman–Crippen LogP) is 4.39. The van der Waals surface area contributed by atoms with Gasteiger partial charge in [0, 0.05) is 17.9 Å². The second-order valence-corrected chi connectivity index (χ2v) is 8.68. The van der Waals surface area contributed by atoms with Crippen LogP contribution >= 0.6 is 0 Å². The minimum Gasteiger partial charge on any atom is -0.317 e. The SMILES string of the molecule is C=C/C(=C\C(C)C(C)OO)c1ccc(C2(CNCC3CC3)CCNCC2)cc1. The van der Waals surface area contributed by atoms with Crippen molar-refractivity contribution in [1.29, 1.82) is 0 Å². The van der Waals surface area contributed by atoms with Crippen LogP contribution < -0.4 is 10.6 Å². The van der Waals surface area contributed by atoms with Crippen LogP contribution in [0.3, 0.4) is 0 Å². The number of hydrogen-bond acceptors (Lipinski definition) is 4. The van der Waals surface area contributed by atoms with E-state index >= 15 is 0 Å². The van der Waals surface area contributed by atoms with Crippen LogP contribution in [0.4, 0.5) is 0 Å². The molecule has 3 rings (SSSR count). The minimum atomic E-state index is -0.246. The van der Waals surface area contributed by atoms with E-state index in [-0.39, 0.29) is 17.4 Å². The zero-order valence-electron chi connectivity index (χ0n) is 17.4. The first-order valence-electron chi connectivity index (χ1n) is 10.7. The van der Waals surface area contributed by atoms with Crippen LogP contribution in [0, 0.1) is 11.8 Å². The second-order valence-electron chi connectivity index (χ2n) is 8.68. The van der Waals surface area contributed by atoms with Crippen molar-refractivity contribution in [3.05, 3.63) is 54.1 Å². The van der Waals surface area contributed by atoms with Crippen molar-refractivity contribution < 1.29 is 10.1 Å². The minimum absolute atomic E-state index is 0.0973. The Labute approximate surface area is 170 Å². The van der Waals surface area contributed by atoms with E-state index < -0.39 is 0 Å². The molecule has 1 saturated heterocycles. The van der Waals surface area contributed by atoms with Gasteiger partial charge in [0.25, 0.3) is 0 Å². The van der Waals surface area contributed by atoms with Crippen molar-refractivity contribution in [1.82, 2.24) is 10.6 Å². The topological polar surface area (TPSA) is 53.5 Å². The monoisotopic (exact) mass is 384 g/mol. The lowest BCUT2D eigenvalue weighted by Crippen LogP contribution is -2.46. The van der Waals surface area contributed by atoms with Gasteiger partial charge in [-0.2, -0.15) is 0 Å². The van der Waals surface area contributed by atoms with Crippen LogP contribution in [0.5, 0.6) is 0 Å². The highest BCUT2D eigenvalue weighted by Crippen LogP contribution is 2.35. The van der Waals surface area contributed by atoms with Crippen molar-refractivity contribution in [3.8, 4) is 0 Å². The zero-order chi connectivity index (χ0) is 20.0. The Kier molecular flexibility index (Phi) is 7.47. The standard InChI is InChI=1S/C24H36N2O2/c1-4-21(15-18(2)19(3)28-27)22-7-9-23(10-8-22)24(11-13-25-14-12-24)17-26-16-20-5-6-20/h4,7-10,15,18-20,25-27H,1,5-6,11-14,16-17H2,2-3H3/b21-15+. The maximum Gasteiger partial charge on any atom is 0.0959 e. The maximum atomic E-state index is 8.91. The smallest absolute Gasteiger partial charge is 0.0959 e. The first-order valence-corrected chi connectivity index (χ1v) is 10.7. The molecule has 0 bridgehead atoms. The Morgan fingerprint density at radius 3 is 2.54 bits per heavy atom. The number of piperidine rings is 1. The van der Waals surface area contributed by atoms with Gasteiger partial charge >= 0.3 is 0 Å². The summed E-state index contributed by atoms with van der Waals surface area (Å²) in [5.41, 5.74) is 3.90. The Morgan fingerprint density at radius 1 is 1.29 bits per heavy atom. The highest BCUT2D eigenvalue weighted by molar-refractivity contribution is 5.73. The van der Waals surface area contributed by atoms with E-state index in [1.54, 1.807) is 0 Å². The number of allylic oxidation sites excluding steroid dienone is 2. The summed E-state index contributed by atoms with van der Waals surface area (Å²) in [5, 5.41) is 16.2. The number of nitrogens with one attached hydrogen (secondary N) is 2. The largest absolute Gasteiger partial charge is 0.317 e. The molecule has 28 heavy (non-hydrogen) atoms. The molecule has 3 N–H and O–H groups in total. The van der Waals surface area contributed by atoms with Gasteiger partial charge in [-0.25, -0.2) is 4.89 Å². The molecule has 2 fully saturated rings. The Hall–Kier alpha value is -1.46. The summed E-state index contributed by atoms with van der Waals surface area (Å²) in [6, 6.07) is 9.02. The van der Waals surface area contributed by atoms with Crippen LogP contribution in [-0.4, -0.2) is 37.5 Å². The van der Waals surface area contributed by atoms with E-state index in [0.29, 0.717) is 0 Å². The van der Waals surface area contributed by atoms with Gasteiger partial charge in [0.05, 0.1) is 6.10 Å². The van der Waals surface area contributed by atoms with Crippen LogP contribution in [-0.2, 0) is 10.3 Å². The molecular formula is C24H36N2O2. The van der Waals surface area contributed by atoms with Crippen molar-refractivity contribution in [2.75, 3.05) is 26.2 Å². The molecule has 0 amide bonds. The van der Waals surface area contributed by atoms with E-state index in [2.05, 4.69) is 52.4 Å². The third kappa shape index (κ3) is 5.32. The molecule has 1 saturated carbocycles. The summed E-state index contributed by atoms with van der Waals surface area (Å²) in [7, 11) is 0. The van der Waals surface area contributed by atoms with Crippen LogP contribution in [0.15, 0.2) is 43.0 Å². The molecule has 0 aromatic heterocycles.